The fraction of sp³-hybridized carbons (Fsp3) is 0.500. The van der Waals surface area contributed by atoms with Gasteiger partial charge in [0.1, 0.15) is 6.04 Å². The monoisotopic (exact) mass is 260 g/mol. The summed E-state index contributed by atoms with van der Waals surface area (Å²) in [5.41, 5.74) is 0.849. The molecule has 0 saturated carbocycles. The first-order valence-electron chi connectivity index (χ1n) is 6.44. The zero-order valence-electron chi connectivity index (χ0n) is 11.0. The van der Waals surface area contributed by atoms with Gasteiger partial charge in [-0.2, -0.15) is 5.10 Å². The third-order valence-electron chi connectivity index (χ3n) is 3.41. The van der Waals surface area contributed by atoms with Gasteiger partial charge < -0.3 is 4.90 Å². The number of hydrogen-bond acceptors (Lipinski definition) is 4. The molecule has 2 aromatic rings. The van der Waals surface area contributed by atoms with Crippen LogP contribution in [0.15, 0.2) is 12.4 Å². The van der Waals surface area contributed by atoms with Crippen LogP contribution in [-0.2, 0) is 11.3 Å². The van der Waals surface area contributed by atoms with Gasteiger partial charge in [0.25, 0.3) is 0 Å². The van der Waals surface area contributed by atoms with E-state index >= 15 is 0 Å². The topological polar surface area (TPSA) is 79.7 Å². The molecule has 19 heavy (non-hydrogen) atoms. The number of nitrogens with zero attached hydrogens (tertiary/aromatic N) is 5. The van der Waals surface area contributed by atoms with Gasteiger partial charge in [0, 0.05) is 12.7 Å². The number of hydrogen-bond donors (Lipinski definition) is 1. The molecular weight excluding hydrogens is 244 g/mol. The molecule has 0 saturated heterocycles. The van der Waals surface area contributed by atoms with Crippen molar-refractivity contribution in [3.63, 3.8) is 0 Å². The molecule has 7 nitrogen and oxygen atoms in total. The van der Waals surface area contributed by atoms with Gasteiger partial charge in [0.2, 0.25) is 5.91 Å². The lowest BCUT2D eigenvalue weighted by Gasteiger charge is -2.31. The van der Waals surface area contributed by atoms with Crippen LogP contribution in [0.3, 0.4) is 0 Å². The van der Waals surface area contributed by atoms with E-state index in [-0.39, 0.29) is 11.9 Å². The fourth-order valence-electron chi connectivity index (χ4n) is 2.49. The zero-order chi connectivity index (χ0) is 13.4. The van der Waals surface area contributed by atoms with Gasteiger partial charge in [-0.25, -0.2) is 0 Å². The average molecular weight is 260 g/mol. The maximum absolute atomic E-state index is 12.3. The molecule has 1 aliphatic heterocycles. The molecule has 3 heterocycles. The number of carbonyl (C=O) groups excluding carboxylic acids is 1. The van der Waals surface area contributed by atoms with Gasteiger partial charge in [-0.1, -0.05) is 6.92 Å². The van der Waals surface area contributed by atoms with Crippen molar-refractivity contribution in [3.05, 3.63) is 18.2 Å². The minimum absolute atomic E-state index is 0.124. The molecular formula is C12H16N6O. The number of carbonyl (C=O) groups is 1. The summed E-state index contributed by atoms with van der Waals surface area (Å²) < 4.78 is 1.90. The van der Waals surface area contributed by atoms with Gasteiger partial charge >= 0.3 is 0 Å². The van der Waals surface area contributed by atoms with Crippen molar-refractivity contribution in [2.75, 3.05) is 6.54 Å². The van der Waals surface area contributed by atoms with E-state index in [0.717, 1.165) is 24.4 Å². The van der Waals surface area contributed by atoms with Gasteiger partial charge in [0.15, 0.2) is 11.6 Å². The summed E-state index contributed by atoms with van der Waals surface area (Å²) in [5.74, 6) is 1.65. The Balaban J connectivity index is 2.02. The van der Waals surface area contributed by atoms with Crippen LogP contribution in [0.5, 0.6) is 0 Å². The van der Waals surface area contributed by atoms with Crippen molar-refractivity contribution in [2.45, 2.75) is 32.9 Å². The van der Waals surface area contributed by atoms with Crippen molar-refractivity contribution in [3.8, 4) is 11.4 Å². The Morgan fingerprint density at radius 3 is 3.00 bits per heavy atom. The van der Waals surface area contributed by atoms with Crippen molar-refractivity contribution in [1.82, 2.24) is 29.9 Å². The molecule has 1 atom stereocenters. The van der Waals surface area contributed by atoms with Crippen LogP contribution in [0, 0.1) is 0 Å². The van der Waals surface area contributed by atoms with E-state index in [1.54, 1.807) is 12.4 Å². The van der Waals surface area contributed by atoms with E-state index in [2.05, 4.69) is 27.3 Å². The predicted molar refractivity (Wildman–Crippen MR) is 68.0 cm³/mol. The Morgan fingerprint density at radius 2 is 2.32 bits per heavy atom. The molecule has 2 aromatic heterocycles. The lowest BCUT2D eigenvalue weighted by atomic mass is 10.2. The third-order valence-corrected chi connectivity index (χ3v) is 3.41. The maximum atomic E-state index is 12.3. The molecule has 0 fully saturated rings. The second-order valence-corrected chi connectivity index (χ2v) is 4.73. The number of amides is 1. The lowest BCUT2D eigenvalue weighted by Crippen LogP contribution is -2.42. The summed E-state index contributed by atoms with van der Waals surface area (Å²) in [4.78, 5) is 14.2. The lowest BCUT2D eigenvalue weighted by molar-refractivity contribution is -0.136. The molecule has 1 aliphatic rings. The van der Waals surface area contributed by atoms with Crippen molar-refractivity contribution in [2.24, 2.45) is 0 Å². The zero-order valence-corrected chi connectivity index (χ0v) is 11.0. The van der Waals surface area contributed by atoms with E-state index in [1.165, 1.54) is 0 Å². The molecule has 0 bridgehead atoms. The molecule has 0 aliphatic carbocycles. The van der Waals surface area contributed by atoms with E-state index < -0.39 is 0 Å². The smallest absolute Gasteiger partial charge is 0.245 e. The quantitative estimate of drug-likeness (QED) is 0.892. The molecule has 0 aromatic carbocycles. The van der Waals surface area contributed by atoms with Crippen LogP contribution in [0.25, 0.3) is 11.4 Å². The maximum Gasteiger partial charge on any atom is 0.245 e. The highest BCUT2D eigenvalue weighted by Crippen LogP contribution is 2.27. The van der Waals surface area contributed by atoms with Crippen molar-refractivity contribution >= 4 is 5.91 Å². The Kier molecular flexibility index (Phi) is 2.81. The van der Waals surface area contributed by atoms with E-state index in [1.807, 2.05) is 16.4 Å². The number of nitrogens with one attached hydrogen (secondary N) is 1. The molecule has 0 unspecified atom stereocenters. The largest absolute Gasteiger partial charge is 0.333 e. The number of fused-ring (bicyclic) bond motifs is 1. The Labute approximate surface area is 110 Å². The minimum Gasteiger partial charge on any atom is -0.333 e. The second kappa shape index (κ2) is 4.49. The van der Waals surface area contributed by atoms with E-state index in [0.29, 0.717) is 12.4 Å². The van der Waals surface area contributed by atoms with Gasteiger partial charge in [-0.3, -0.25) is 14.5 Å². The van der Waals surface area contributed by atoms with Crippen molar-refractivity contribution < 1.29 is 4.79 Å². The molecule has 100 valence electrons. The fourth-order valence-corrected chi connectivity index (χ4v) is 2.49. The molecule has 0 spiro atoms. The molecule has 3 rings (SSSR count). The van der Waals surface area contributed by atoms with E-state index in [9.17, 15) is 4.79 Å². The van der Waals surface area contributed by atoms with Gasteiger partial charge in [-0.15, -0.1) is 10.2 Å². The molecule has 1 N–H and O–H groups in total. The number of H-pyrrole nitrogens is 1. The van der Waals surface area contributed by atoms with Crippen LogP contribution in [0.1, 0.15) is 32.1 Å². The first kappa shape index (κ1) is 11.9. The summed E-state index contributed by atoms with van der Waals surface area (Å²) in [6, 6.07) is -0.268. The average Bonchev–Trinajstić information content (AvgIpc) is 3.03. The second-order valence-electron chi connectivity index (χ2n) is 4.73. The molecule has 0 radical (unpaired) electrons. The minimum atomic E-state index is -0.268. The number of aromatic nitrogens is 5. The summed E-state index contributed by atoms with van der Waals surface area (Å²) in [7, 11) is 0. The van der Waals surface area contributed by atoms with Gasteiger partial charge in [-0.05, 0) is 13.3 Å². The highest BCUT2D eigenvalue weighted by molar-refractivity contribution is 5.82. The Hall–Kier alpha value is -2.18. The molecule has 1 amide bonds. The Bertz CT molecular complexity index is 587. The third kappa shape index (κ3) is 1.81. The Morgan fingerprint density at radius 1 is 1.47 bits per heavy atom. The number of aromatic amines is 1. The summed E-state index contributed by atoms with van der Waals surface area (Å²) in [6.07, 6.45) is 4.39. The SMILES string of the molecule is CCCN1Cc2nnc(-c3cn[nH]c3)n2[C@@H](C)C1=O. The number of rotatable bonds is 3. The normalized spacial score (nSPS) is 18.7. The van der Waals surface area contributed by atoms with Crippen LogP contribution in [-0.4, -0.2) is 42.3 Å². The van der Waals surface area contributed by atoms with E-state index in [4.69, 9.17) is 0 Å². The highest BCUT2D eigenvalue weighted by atomic mass is 16.2. The molecule has 7 heteroatoms. The first-order chi connectivity index (χ1) is 9.22. The van der Waals surface area contributed by atoms with Crippen LogP contribution in [0.4, 0.5) is 0 Å². The van der Waals surface area contributed by atoms with Crippen LogP contribution >= 0.6 is 0 Å². The van der Waals surface area contributed by atoms with Gasteiger partial charge in [0.05, 0.1) is 18.3 Å². The standard InChI is InChI=1S/C12H16N6O/c1-3-4-17-7-10-15-16-11(9-5-13-14-6-9)18(10)8(2)12(17)19/h5-6,8H,3-4,7H2,1-2H3,(H,13,14)/t8-/m0/s1. The predicted octanol–water partition coefficient (Wildman–Crippen LogP) is 0.981. The van der Waals surface area contributed by atoms with Crippen LogP contribution in [0.2, 0.25) is 0 Å². The highest BCUT2D eigenvalue weighted by Gasteiger charge is 2.33. The summed E-state index contributed by atoms with van der Waals surface area (Å²) >= 11 is 0. The first-order valence-corrected chi connectivity index (χ1v) is 6.44. The summed E-state index contributed by atoms with van der Waals surface area (Å²) in [5, 5.41) is 15.1. The summed E-state index contributed by atoms with van der Waals surface area (Å²) in [6.45, 7) is 5.24. The van der Waals surface area contributed by atoms with Crippen LogP contribution < -0.4 is 0 Å². The van der Waals surface area contributed by atoms with Crippen molar-refractivity contribution in [1.29, 1.82) is 0 Å².